The van der Waals surface area contributed by atoms with Gasteiger partial charge in [-0.3, -0.25) is 0 Å². The fraction of sp³-hybridized carbons (Fsp3) is 0.438. The molecule has 1 heteroatoms. The van der Waals surface area contributed by atoms with Crippen molar-refractivity contribution in [3.05, 3.63) is 77.9 Å². The van der Waals surface area contributed by atoms with Crippen molar-refractivity contribution in [3.63, 3.8) is 0 Å². The standard InChI is InChI=1S/C32H35N/c1-31(2,3)25-10-13-28-27-6-4-5-7-29(27)33(30(28)17-25)26-11-8-24(9-12-26)32-18-21-14-22(19-32)16-23(15-21)20-32/h4-13,17,21-23H,14-16,18-20H2,1-3H3. The normalized spacial score (nSPS) is 28.8. The van der Waals surface area contributed by atoms with Crippen LogP contribution in [0.1, 0.15) is 70.4 Å². The zero-order valence-electron chi connectivity index (χ0n) is 20.3. The van der Waals surface area contributed by atoms with Gasteiger partial charge in [0.05, 0.1) is 11.0 Å². The van der Waals surface area contributed by atoms with Crippen molar-refractivity contribution in [2.24, 2.45) is 17.8 Å². The highest BCUT2D eigenvalue weighted by atomic mass is 15.0. The third-order valence-electron chi connectivity index (χ3n) is 9.32. The zero-order valence-corrected chi connectivity index (χ0v) is 20.3. The smallest absolute Gasteiger partial charge is 0.0544 e. The predicted molar refractivity (Wildman–Crippen MR) is 139 cm³/mol. The first-order valence-corrected chi connectivity index (χ1v) is 13.0. The van der Waals surface area contributed by atoms with Gasteiger partial charge in [0.25, 0.3) is 0 Å². The summed E-state index contributed by atoms with van der Waals surface area (Å²) in [5.41, 5.74) is 7.53. The molecule has 0 spiro atoms. The highest BCUT2D eigenvalue weighted by molar-refractivity contribution is 6.09. The van der Waals surface area contributed by atoms with Crippen molar-refractivity contribution < 1.29 is 0 Å². The van der Waals surface area contributed by atoms with Crippen molar-refractivity contribution in [3.8, 4) is 5.69 Å². The number of nitrogens with zero attached hydrogens (tertiary/aromatic N) is 1. The third kappa shape index (κ3) is 2.97. The Morgan fingerprint density at radius 3 is 1.94 bits per heavy atom. The SMILES string of the molecule is CC(C)(C)c1ccc2c3ccccc3n(-c3ccc(C45CC6CC(CC(C6)C4)C5)cc3)c2c1. The minimum Gasteiger partial charge on any atom is -0.309 e. The van der Waals surface area contributed by atoms with Gasteiger partial charge in [-0.1, -0.05) is 63.2 Å². The Bertz CT molecular complexity index is 1330. The quantitative estimate of drug-likeness (QED) is 0.298. The number of hydrogen-bond donors (Lipinski definition) is 0. The molecule has 3 aromatic carbocycles. The molecule has 33 heavy (non-hydrogen) atoms. The van der Waals surface area contributed by atoms with Gasteiger partial charge in [0.1, 0.15) is 0 Å². The number of fused-ring (bicyclic) bond motifs is 3. The second-order valence-corrected chi connectivity index (χ2v) is 12.6. The van der Waals surface area contributed by atoms with Gasteiger partial charge in [-0.05, 0) is 103 Å². The maximum Gasteiger partial charge on any atom is 0.0544 e. The second-order valence-electron chi connectivity index (χ2n) is 12.6. The lowest BCUT2D eigenvalue weighted by atomic mass is 9.48. The molecule has 0 N–H and O–H groups in total. The first kappa shape index (κ1) is 19.9. The monoisotopic (exact) mass is 433 g/mol. The maximum absolute atomic E-state index is 2.49. The summed E-state index contributed by atoms with van der Waals surface area (Å²) in [7, 11) is 0. The van der Waals surface area contributed by atoms with E-state index >= 15 is 0 Å². The second kappa shape index (κ2) is 6.75. The van der Waals surface area contributed by atoms with Gasteiger partial charge in [0, 0.05) is 16.5 Å². The van der Waals surface area contributed by atoms with E-state index < -0.39 is 0 Å². The van der Waals surface area contributed by atoms with Crippen LogP contribution in [0.25, 0.3) is 27.5 Å². The van der Waals surface area contributed by atoms with Crippen LogP contribution in [-0.2, 0) is 10.8 Å². The van der Waals surface area contributed by atoms with Crippen molar-refractivity contribution >= 4 is 21.8 Å². The van der Waals surface area contributed by atoms with E-state index in [0.717, 1.165) is 17.8 Å². The fourth-order valence-corrected chi connectivity index (χ4v) is 8.14. The number of rotatable bonds is 2. The summed E-state index contributed by atoms with van der Waals surface area (Å²) in [6, 6.07) is 25.7. The van der Waals surface area contributed by atoms with Crippen LogP contribution in [-0.4, -0.2) is 4.57 Å². The van der Waals surface area contributed by atoms with E-state index in [0.29, 0.717) is 5.41 Å². The molecule has 1 aromatic heterocycles. The Balaban J connectivity index is 1.37. The Hall–Kier alpha value is -2.54. The van der Waals surface area contributed by atoms with Gasteiger partial charge < -0.3 is 4.57 Å². The summed E-state index contributed by atoms with van der Waals surface area (Å²) >= 11 is 0. The van der Waals surface area contributed by atoms with E-state index in [2.05, 4.69) is 92.1 Å². The Kier molecular flexibility index (Phi) is 4.07. The highest BCUT2D eigenvalue weighted by Crippen LogP contribution is 2.60. The van der Waals surface area contributed by atoms with Gasteiger partial charge in [0.2, 0.25) is 0 Å². The van der Waals surface area contributed by atoms with Gasteiger partial charge in [-0.15, -0.1) is 0 Å². The first-order valence-electron chi connectivity index (χ1n) is 13.0. The number of aromatic nitrogens is 1. The van der Waals surface area contributed by atoms with Gasteiger partial charge >= 0.3 is 0 Å². The van der Waals surface area contributed by atoms with E-state index in [1.165, 1.54) is 71.6 Å². The highest BCUT2D eigenvalue weighted by Gasteiger charge is 2.51. The molecule has 4 saturated carbocycles. The molecular formula is C32H35N. The van der Waals surface area contributed by atoms with Crippen LogP contribution in [0.2, 0.25) is 0 Å². The van der Waals surface area contributed by atoms with Crippen molar-refractivity contribution in [2.75, 3.05) is 0 Å². The number of benzene rings is 3. The molecule has 8 rings (SSSR count). The van der Waals surface area contributed by atoms with Crippen LogP contribution in [0.3, 0.4) is 0 Å². The number of hydrogen-bond acceptors (Lipinski definition) is 0. The molecule has 1 nitrogen and oxygen atoms in total. The topological polar surface area (TPSA) is 4.93 Å². The minimum atomic E-state index is 0.137. The van der Waals surface area contributed by atoms with Crippen LogP contribution in [0, 0.1) is 17.8 Å². The molecule has 4 bridgehead atoms. The molecule has 1 heterocycles. The molecule has 168 valence electrons. The molecule has 0 aliphatic heterocycles. The molecule has 4 aliphatic rings. The summed E-state index contributed by atoms with van der Waals surface area (Å²) in [4.78, 5) is 0. The molecule has 4 aliphatic carbocycles. The molecule has 0 unspecified atom stereocenters. The average Bonchev–Trinajstić information content (AvgIpc) is 3.11. The van der Waals surface area contributed by atoms with Gasteiger partial charge in [-0.2, -0.15) is 0 Å². The van der Waals surface area contributed by atoms with Crippen LogP contribution >= 0.6 is 0 Å². The minimum absolute atomic E-state index is 0.137. The molecule has 4 fully saturated rings. The van der Waals surface area contributed by atoms with E-state index in [1.807, 2.05) is 0 Å². The maximum atomic E-state index is 2.49. The molecular weight excluding hydrogens is 398 g/mol. The van der Waals surface area contributed by atoms with Crippen molar-refractivity contribution in [2.45, 2.75) is 70.1 Å². The van der Waals surface area contributed by atoms with E-state index in [-0.39, 0.29) is 5.41 Å². The predicted octanol–water partition coefficient (Wildman–Crippen LogP) is 8.55. The van der Waals surface area contributed by atoms with Crippen LogP contribution in [0.15, 0.2) is 66.7 Å². The largest absolute Gasteiger partial charge is 0.309 e. The Morgan fingerprint density at radius 1 is 0.697 bits per heavy atom. The van der Waals surface area contributed by atoms with Crippen LogP contribution < -0.4 is 0 Å². The molecule has 0 radical (unpaired) electrons. The van der Waals surface area contributed by atoms with Gasteiger partial charge in [-0.25, -0.2) is 0 Å². The van der Waals surface area contributed by atoms with Crippen LogP contribution in [0.4, 0.5) is 0 Å². The number of para-hydroxylation sites is 1. The lowest BCUT2D eigenvalue weighted by molar-refractivity contribution is -0.00518. The third-order valence-corrected chi connectivity index (χ3v) is 9.32. The summed E-state index contributed by atoms with van der Waals surface area (Å²) in [6.07, 6.45) is 8.83. The molecule has 4 aromatic rings. The summed E-state index contributed by atoms with van der Waals surface area (Å²) in [5, 5.41) is 2.70. The van der Waals surface area contributed by atoms with Crippen molar-refractivity contribution in [1.29, 1.82) is 0 Å². The van der Waals surface area contributed by atoms with Gasteiger partial charge in [0.15, 0.2) is 0 Å². The summed E-state index contributed by atoms with van der Waals surface area (Å²) in [6.45, 7) is 6.92. The van der Waals surface area contributed by atoms with E-state index in [4.69, 9.17) is 0 Å². The van der Waals surface area contributed by atoms with Crippen molar-refractivity contribution in [1.82, 2.24) is 4.57 Å². The first-order chi connectivity index (χ1) is 15.9. The fourth-order valence-electron chi connectivity index (χ4n) is 8.14. The van der Waals surface area contributed by atoms with E-state index in [1.54, 1.807) is 5.56 Å². The zero-order chi connectivity index (χ0) is 22.4. The lowest BCUT2D eigenvalue weighted by Crippen LogP contribution is -2.48. The summed E-state index contributed by atoms with van der Waals surface area (Å²) < 4.78 is 2.49. The molecule has 0 amide bonds. The summed E-state index contributed by atoms with van der Waals surface area (Å²) in [5.74, 6) is 2.97. The molecule has 0 atom stereocenters. The average molecular weight is 434 g/mol. The Labute approximate surface area is 197 Å². The lowest BCUT2D eigenvalue weighted by Gasteiger charge is -2.57. The van der Waals surface area contributed by atoms with Crippen LogP contribution in [0.5, 0.6) is 0 Å². The van der Waals surface area contributed by atoms with E-state index in [9.17, 15) is 0 Å². The Morgan fingerprint density at radius 2 is 1.30 bits per heavy atom. The molecule has 0 saturated heterocycles.